The lowest BCUT2D eigenvalue weighted by Crippen LogP contribution is -2.68. The third kappa shape index (κ3) is 2.98. The van der Waals surface area contributed by atoms with Gasteiger partial charge in [-0.25, -0.2) is 0 Å². The van der Waals surface area contributed by atoms with E-state index < -0.39 is 8.07 Å². The second-order valence-electron chi connectivity index (χ2n) is 8.37. The molecule has 0 bridgehead atoms. The van der Waals surface area contributed by atoms with Crippen molar-refractivity contribution in [1.29, 1.82) is 0 Å². The number of nitrogens with zero attached hydrogens (tertiary/aromatic N) is 1. The van der Waals surface area contributed by atoms with E-state index >= 15 is 0 Å². The molecule has 0 aromatic heterocycles. The van der Waals surface area contributed by atoms with Gasteiger partial charge >= 0.3 is 0 Å². The Labute approximate surface area is 148 Å². The molecule has 0 saturated carbocycles. The van der Waals surface area contributed by atoms with Crippen molar-refractivity contribution in [2.45, 2.75) is 44.2 Å². The van der Waals surface area contributed by atoms with Crippen molar-refractivity contribution in [2.24, 2.45) is 0 Å². The first-order valence-corrected chi connectivity index (χ1v) is 11.3. The highest BCUT2D eigenvalue weighted by Crippen LogP contribution is 2.47. The Morgan fingerprint density at radius 1 is 0.792 bits per heavy atom. The van der Waals surface area contributed by atoms with Gasteiger partial charge in [0.15, 0.2) is 0 Å². The van der Waals surface area contributed by atoms with Gasteiger partial charge in [-0.3, -0.25) is 0 Å². The fourth-order valence-electron chi connectivity index (χ4n) is 4.96. The Morgan fingerprint density at radius 3 is 1.58 bits per heavy atom. The largest absolute Gasteiger partial charge is 0.306 e. The van der Waals surface area contributed by atoms with Crippen LogP contribution in [0.5, 0.6) is 0 Å². The van der Waals surface area contributed by atoms with Crippen LogP contribution in [0.1, 0.15) is 33.6 Å². The smallest absolute Gasteiger partial charge is 0.126 e. The van der Waals surface area contributed by atoms with Gasteiger partial charge in [-0.1, -0.05) is 91.8 Å². The van der Waals surface area contributed by atoms with E-state index in [4.69, 9.17) is 0 Å². The SMILES string of the molecule is CN1CCC([Si](c2ccccc2)(c2ccccc2)C(C)(C)C)CC1. The zero-order valence-corrected chi connectivity index (χ0v) is 16.6. The summed E-state index contributed by atoms with van der Waals surface area (Å²) < 4.78 is 0. The molecular weight excluding hydrogens is 306 g/mol. The first-order chi connectivity index (χ1) is 11.5. The molecule has 3 rings (SSSR count). The van der Waals surface area contributed by atoms with Gasteiger partial charge in [0.25, 0.3) is 0 Å². The van der Waals surface area contributed by atoms with Crippen LogP contribution >= 0.6 is 0 Å². The highest BCUT2D eigenvalue weighted by Gasteiger charge is 2.52. The van der Waals surface area contributed by atoms with Gasteiger partial charge in [-0.05, 0) is 43.6 Å². The maximum atomic E-state index is 2.49. The van der Waals surface area contributed by atoms with Crippen molar-refractivity contribution in [3.63, 3.8) is 0 Å². The second kappa shape index (κ2) is 6.85. The van der Waals surface area contributed by atoms with Crippen LogP contribution in [0.4, 0.5) is 0 Å². The minimum absolute atomic E-state index is 0.288. The standard InChI is InChI=1S/C22H31NSi/c1-22(2,3)24(19-11-7-5-8-12-19,20-13-9-6-10-14-20)21-15-17-23(4)18-16-21/h5-14,21H,15-18H2,1-4H3. The summed E-state index contributed by atoms with van der Waals surface area (Å²) in [5.74, 6) is 0. The number of piperidine rings is 1. The third-order valence-electron chi connectivity index (χ3n) is 5.97. The van der Waals surface area contributed by atoms with Crippen LogP contribution in [0, 0.1) is 0 Å². The van der Waals surface area contributed by atoms with Crippen molar-refractivity contribution in [2.75, 3.05) is 20.1 Å². The van der Waals surface area contributed by atoms with Crippen molar-refractivity contribution in [1.82, 2.24) is 4.90 Å². The van der Waals surface area contributed by atoms with Gasteiger partial charge in [-0.15, -0.1) is 0 Å². The maximum absolute atomic E-state index is 2.49. The van der Waals surface area contributed by atoms with Crippen LogP contribution in [-0.2, 0) is 0 Å². The number of rotatable bonds is 3. The molecule has 1 nitrogen and oxygen atoms in total. The first-order valence-electron chi connectivity index (χ1n) is 9.26. The molecule has 1 aliphatic rings. The predicted molar refractivity (Wildman–Crippen MR) is 108 cm³/mol. The molecule has 0 spiro atoms. The number of hydrogen-bond acceptors (Lipinski definition) is 1. The zero-order chi connectivity index (χ0) is 17.2. The molecule has 0 radical (unpaired) electrons. The zero-order valence-electron chi connectivity index (χ0n) is 15.6. The summed E-state index contributed by atoms with van der Waals surface area (Å²) in [6.45, 7) is 9.91. The number of hydrogen-bond donors (Lipinski definition) is 0. The summed E-state index contributed by atoms with van der Waals surface area (Å²) in [6, 6.07) is 22.9. The van der Waals surface area contributed by atoms with E-state index in [0.717, 1.165) is 5.54 Å². The summed E-state index contributed by atoms with van der Waals surface area (Å²) in [6.07, 6.45) is 2.65. The summed E-state index contributed by atoms with van der Waals surface area (Å²) in [5.41, 5.74) is 0.804. The van der Waals surface area contributed by atoms with Gasteiger partial charge < -0.3 is 4.90 Å². The molecule has 0 aliphatic carbocycles. The first kappa shape index (κ1) is 17.4. The molecule has 2 aromatic carbocycles. The highest BCUT2D eigenvalue weighted by molar-refractivity contribution is 7.05. The van der Waals surface area contributed by atoms with E-state index in [0.29, 0.717) is 0 Å². The minimum atomic E-state index is -1.90. The molecule has 1 fully saturated rings. The number of benzene rings is 2. The molecular formula is C22H31NSi. The third-order valence-corrected chi connectivity index (χ3v) is 12.6. The van der Waals surface area contributed by atoms with Gasteiger partial charge in [0.1, 0.15) is 8.07 Å². The topological polar surface area (TPSA) is 3.24 Å². The summed E-state index contributed by atoms with van der Waals surface area (Å²) in [4.78, 5) is 2.49. The van der Waals surface area contributed by atoms with Crippen LogP contribution < -0.4 is 10.4 Å². The Balaban J connectivity index is 2.22. The lowest BCUT2D eigenvalue weighted by molar-refractivity contribution is 0.273. The van der Waals surface area contributed by atoms with Crippen LogP contribution in [0.3, 0.4) is 0 Å². The fourth-order valence-corrected chi connectivity index (χ4v) is 11.8. The summed E-state index contributed by atoms with van der Waals surface area (Å²) >= 11 is 0. The average molecular weight is 338 g/mol. The van der Waals surface area contributed by atoms with Crippen LogP contribution in [-0.4, -0.2) is 33.1 Å². The van der Waals surface area contributed by atoms with Crippen molar-refractivity contribution in [3.05, 3.63) is 60.7 Å². The lowest BCUT2D eigenvalue weighted by atomic mass is 10.1. The molecule has 1 aliphatic heterocycles. The van der Waals surface area contributed by atoms with Crippen LogP contribution in [0.15, 0.2) is 60.7 Å². The lowest BCUT2D eigenvalue weighted by Gasteiger charge is -2.51. The fraction of sp³-hybridized carbons (Fsp3) is 0.455. The molecule has 2 aromatic rings. The summed E-state index contributed by atoms with van der Waals surface area (Å²) in [5, 5.41) is 3.51. The van der Waals surface area contributed by atoms with Gasteiger partial charge in [-0.2, -0.15) is 0 Å². The van der Waals surface area contributed by atoms with Crippen LogP contribution in [0.25, 0.3) is 0 Å². The van der Waals surface area contributed by atoms with Crippen LogP contribution in [0.2, 0.25) is 10.6 Å². The van der Waals surface area contributed by atoms with Gasteiger partial charge in [0.2, 0.25) is 0 Å². The Hall–Kier alpha value is -1.38. The Bertz CT molecular complexity index is 597. The Kier molecular flexibility index (Phi) is 4.98. The van der Waals surface area contributed by atoms with E-state index in [1.165, 1.54) is 25.9 Å². The van der Waals surface area contributed by atoms with Crippen molar-refractivity contribution >= 4 is 18.4 Å². The van der Waals surface area contributed by atoms with E-state index in [1.54, 1.807) is 10.4 Å². The average Bonchev–Trinajstić information content (AvgIpc) is 2.58. The maximum Gasteiger partial charge on any atom is 0.126 e. The van der Waals surface area contributed by atoms with E-state index in [2.05, 4.69) is 93.4 Å². The summed E-state index contributed by atoms with van der Waals surface area (Å²) in [7, 11) is 0.361. The van der Waals surface area contributed by atoms with E-state index in [-0.39, 0.29) is 5.04 Å². The predicted octanol–water partition coefficient (Wildman–Crippen LogP) is 4.15. The molecule has 1 saturated heterocycles. The van der Waals surface area contributed by atoms with Crippen molar-refractivity contribution in [3.8, 4) is 0 Å². The van der Waals surface area contributed by atoms with Gasteiger partial charge in [0, 0.05) is 0 Å². The normalized spacial score (nSPS) is 17.8. The van der Waals surface area contributed by atoms with E-state index in [9.17, 15) is 0 Å². The molecule has 128 valence electrons. The number of likely N-dealkylation sites (tertiary alicyclic amines) is 1. The molecule has 24 heavy (non-hydrogen) atoms. The second-order valence-corrected chi connectivity index (χ2v) is 13.5. The Morgan fingerprint density at radius 2 is 1.21 bits per heavy atom. The minimum Gasteiger partial charge on any atom is -0.306 e. The highest BCUT2D eigenvalue weighted by atomic mass is 28.3. The molecule has 0 N–H and O–H groups in total. The van der Waals surface area contributed by atoms with Gasteiger partial charge in [0.05, 0.1) is 0 Å². The quantitative estimate of drug-likeness (QED) is 0.761. The van der Waals surface area contributed by atoms with Crippen molar-refractivity contribution < 1.29 is 0 Å². The molecule has 0 amide bonds. The molecule has 0 unspecified atom stereocenters. The molecule has 0 atom stereocenters. The van der Waals surface area contributed by atoms with E-state index in [1.807, 2.05) is 0 Å². The molecule has 2 heteroatoms. The monoisotopic (exact) mass is 337 g/mol. The molecule has 1 heterocycles.